The Bertz CT molecular complexity index is 3510. The van der Waals surface area contributed by atoms with Crippen LogP contribution in [-0.4, -0.2) is 179 Å². The number of methoxy groups -OCH3 is 3. The summed E-state index contributed by atoms with van der Waals surface area (Å²) >= 11 is 0. The first-order valence-corrected chi connectivity index (χ1v) is 27.9. The largest absolute Gasteiger partial charge is 0.490 e. The van der Waals surface area contributed by atoms with Gasteiger partial charge in [0.2, 0.25) is 17.7 Å². The van der Waals surface area contributed by atoms with Crippen LogP contribution < -0.4 is 32.9 Å². The number of aromatic amines is 2. The minimum absolute atomic E-state index is 0.0252. The van der Waals surface area contributed by atoms with Crippen molar-refractivity contribution in [2.24, 2.45) is 7.05 Å². The molecule has 3 aliphatic heterocycles. The molecule has 0 aromatic carbocycles. The van der Waals surface area contributed by atoms with Crippen LogP contribution in [0.3, 0.4) is 0 Å². The Morgan fingerprint density at radius 2 is 1.19 bits per heavy atom. The van der Waals surface area contributed by atoms with Crippen molar-refractivity contribution >= 4 is 82.5 Å². The summed E-state index contributed by atoms with van der Waals surface area (Å²) in [5.74, 6) is -0.613. The summed E-state index contributed by atoms with van der Waals surface area (Å²) in [7, 11) is -18.4. The van der Waals surface area contributed by atoms with E-state index in [4.69, 9.17) is 63.7 Å². The summed E-state index contributed by atoms with van der Waals surface area (Å²) < 4.78 is 121. The van der Waals surface area contributed by atoms with Gasteiger partial charge in [-0.25, -0.2) is 42.8 Å². The molecule has 6 aromatic rings. The second kappa shape index (κ2) is 21.5. The zero-order chi connectivity index (χ0) is 55.7. The lowest BCUT2D eigenvalue weighted by Crippen LogP contribution is -2.46. The van der Waals surface area contributed by atoms with Crippen LogP contribution >= 0.6 is 31.3 Å². The number of anilines is 3. The maximum Gasteiger partial charge on any atom is 0.490 e. The Hall–Kier alpha value is -5.15. The van der Waals surface area contributed by atoms with Gasteiger partial charge in [-0.15, -0.1) is 0 Å². The molecular weight excluding hydrogens is 1130 g/mol. The number of hydrogen-bond donors (Lipinski definition) is 11. The van der Waals surface area contributed by atoms with E-state index >= 15 is 0 Å². The Balaban J connectivity index is 0.871. The molecule has 0 spiro atoms. The van der Waals surface area contributed by atoms with Crippen LogP contribution in [-0.2, 0) is 80.4 Å². The maximum absolute atomic E-state index is 13.8. The molecule has 6 aromatic heterocycles. The van der Waals surface area contributed by atoms with Crippen LogP contribution in [0.5, 0.6) is 0 Å². The number of H-pyrrole nitrogens is 2. The molecule has 0 bridgehead atoms. The van der Waals surface area contributed by atoms with E-state index in [0.29, 0.717) is 0 Å². The molecule has 9 heterocycles. The molecule has 39 nitrogen and oxygen atoms in total. The van der Waals surface area contributed by atoms with Gasteiger partial charge in [0.05, 0.1) is 39.5 Å². The van der Waals surface area contributed by atoms with Gasteiger partial charge in [-0.05, 0) is 0 Å². The number of phosphoric ester groups is 3. The number of imidazole rings is 3. The van der Waals surface area contributed by atoms with Crippen molar-refractivity contribution in [3.05, 3.63) is 46.0 Å². The van der Waals surface area contributed by atoms with E-state index < -0.39 is 136 Å². The number of rotatable bonds is 21. The number of hydrogen-bond acceptors (Lipinski definition) is 29. The number of nitrogens with zero attached hydrogens (tertiary/aromatic N) is 10. The highest BCUT2D eigenvalue weighted by Crippen LogP contribution is 2.68. The second-order valence-electron chi connectivity index (χ2n) is 16.9. The van der Waals surface area contributed by atoms with Gasteiger partial charge < -0.3 is 75.4 Å². The molecular formula is C34H48N15O24P4+. The number of phosphoric acid groups is 4. The first-order chi connectivity index (χ1) is 36.2. The van der Waals surface area contributed by atoms with Crippen molar-refractivity contribution in [3.8, 4) is 0 Å². The van der Waals surface area contributed by atoms with Gasteiger partial charge in [0.15, 0.2) is 41.4 Å². The molecule has 3 fully saturated rings. The maximum atomic E-state index is 13.8. The lowest BCUT2D eigenvalue weighted by Gasteiger charge is -2.26. The van der Waals surface area contributed by atoms with E-state index in [1.165, 1.54) is 45.1 Å². The Labute approximate surface area is 428 Å². The predicted octanol–water partition coefficient (Wildman–Crippen LogP) is -3.40. The van der Waals surface area contributed by atoms with Crippen molar-refractivity contribution in [2.75, 3.05) is 58.4 Å². The van der Waals surface area contributed by atoms with Gasteiger partial charge in [-0.2, -0.15) is 13.6 Å². The van der Waals surface area contributed by atoms with Gasteiger partial charge in [-0.1, -0.05) is 4.98 Å². The molecule has 16 atom stereocenters. The lowest BCUT2D eigenvalue weighted by molar-refractivity contribution is -0.745. The fourth-order valence-corrected chi connectivity index (χ4v) is 13.3. The van der Waals surface area contributed by atoms with Gasteiger partial charge in [-0.3, -0.25) is 51.4 Å². The van der Waals surface area contributed by atoms with E-state index in [1.807, 2.05) is 0 Å². The molecule has 14 N–H and O–H groups in total. The number of fused-ring (bicyclic) bond motifs is 3. The second-order valence-corrected chi connectivity index (χ2v) is 22.9. The third kappa shape index (κ3) is 11.4. The highest BCUT2D eigenvalue weighted by molar-refractivity contribution is 7.66. The monoisotopic (exact) mass is 1170 g/mol. The van der Waals surface area contributed by atoms with Crippen LogP contribution in [0, 0.1) is 0 Å². The molecule has 422 valence electrons. The topological polar surface area (TPSA) is 540 Å². The van der Waals surface area contributed by atoms with Crippen molar-refractivity contribution in [3.63, 3.8) is 0 Å². The molecule has 0 radical (unpaired) electrons. The van der Waals surface area contributed by atoms with E-state index in [-0.39, 0.29) is 51.2 Å². The summed E-state index contributed by atoms with van der Waals surface area (Å²) in [5, 5.41) is 22.3. The van der Waals surface area contributed by atoms with Crippen molar-refractivity contribution in [1.82, 2.24) is 53.6 Å². The Kier molecular flexibility index (Phi) is 15.8. The van der Waals surface area contributed by atoms with Crippen LogP contribution in [0.4, 0.5) is 17.7 Å². The SMILES string of the molecule is COC1C(OP(=O)(O)OC[C@H]2O[C@@H](n3cnc4c(=O)[nH]c(N)nc43)C(OC)C2O)C(COP(=O)(O)OP(=O)(O)OP(=O)(O)OC[C@H]2O[C@@H]([n+]3cn(C)c4c(=O)[nH]c(N)nc43)C(O)C2OC)O[C@H]1n1cnc2c(N)ncnc21. The molecule has 0 amide bonds. The first kappa shape index (κ1) is 56.6. The van der Waals surface area contributed by atoms with Gasteiger partial charge in [0, 0.05) is 21.3 Å². The first-order valence-electron chi connectivity index (χ1n) is 21.9. The van der Waals surface area contributed by atoms with Crippen LogP contribution in [0.15, 0.2) is 34.9 Å². The predicted molar refractivity (Wildman–Crippen MR) is 249 cm³/mol. The normalized spacial score (nSPS) is 30.0. The van der Waals surface area contributed by atoms with Crippen molar-refractivity contribution in [1.29, 1.82) is 0 Å². The van der Waals surface area contributed by atoms with Crippen LogP contribution in [0.1, 0.15) is 18.7 Å². The van der Waals surface area contributed by atoms with Crippen LogP contribution in [0.25, 0.3) is 33.5 Å². The molecule has 77 heavy (non-hydrogen) atoms. The van der Waals surface area contributed by atoms with Gasteiger partial charge >= 0.3 is 36.9 Å². The number of nitrogens with one attached hydrogen (secondary N) is 2. The standard InChI is InChI=1S/C34H47N15O24P4/c1-46-11-49(27-17(46)29(53)45-34(37)43-27)30-19(51)20(62-2)13(69-30)6-66-75(56,57)72-77(60,61)73-76(58,59)67-7-14-21(23(64-4)32(70-14)47-9-40-15-24(35)38-8-39-25(15)47)71-74(54,55)65-5-12-18(50)22(63-3)31(68-12)48-10-41-16-26(48)42-33(36)44-28(16)52/h8-14,18-23,30-32,50-51H,5-7H2,1-4H3,(H11-,35,36,37,38,39,42,43,44,45,52,53,54,55,56,57,58,59,60,61)/p+1/t12-,13-,14?,18?,19?,20?,21?,22?,23?,30-,31-,32-/m1/s1. The van der Waals surface area contributed by atoms with E-state index in [2.05, 4.69) is 48.5 Å². The fraction of sp³-hybridized carbons (Fsp3) is 0.559. The smallest absolute Gasteiger partial charge is 0.387 e. The van der Waals surface area contributed by atoms with Crippen molar-refractivity contribution < 1.29 is 108 Å². The molecule has 0 saturated carbocycles. The summed E-state index contributed by atoms with van der Waals surface area (Å²) in [6, 6.07) is 0. The molecule has 3 saturated heterocycles. The summed E-state index contributed by atoms with van der Waals surface area (Å²) in [6.07, 6.45) is -13.1. The number of aromatic nitrogens is 12. The number of aryl methyl sites for hydroxylation is 1. The summed E-state index contributed by atoms with van der Waals surface area (Å²) in [6.45, 7) is -3.14. The Morgan fingerprint density at radius 1 is 0.649 bits per heavy atom. The Morgan fingerprint density at radius 3 is 1.84 bits per heavy atom. The average molecular weight is 1170 g/mol. The number of aliphatic hydroxyl groups excluding tert-OH is 2. The summed E-state index contributed by atoms with van der Waals surface area (Å²) in [5.41, 5.74) is 16.0. The quantitative estimate of drug-likeness (QED) is 0.0247. The highest BCUT2D eigenvalue weighted by Gasteiger charge is 2.54. The minimum atomic E-state index is -6.17. The number of nitrogen functional groups attached to an aromatic ring is 3. The average Bonchev–Trinajstić information content (AvgIpc) is 4.23. The highest BCUT2D eigenvalue weighted by atomic mass is 31.3. The van der Waals surface area contributed by atoms with Crippen LogP contribution in [0.2, 0.25) is 0 Å². The van der Waals surface area contributed by atoms with Crippen molar-refractivity contribution in [2.45, 2.75) is 73.6 Å². The molecule has 43 heteroatoms. The molecule has 0 aliphatic carbocycles. The summed E-state index contributed by atoms with van der Waals surface area (Å²) in [4.78, 5) is 96.6. The minimum Gasteiger partial charge on any atom is -0.387 e. The van der Waals surface area contributed by atoms with E-state index in [1.54, 1.807) is 0 Å². The molecule has 9 rings (SSSR count). The number of nitrogens with two attached hydrogens (primary N) is 3. The fourth-order valence-electron chi connectivity index (χ4n) is 8.80. The van der Waals surface area contributed by atoms with E-state index in [0.717, 1.165) is 26.9 Å². The van der Waals surface area contributed by atoms with Gasteiger partial charge in [0.25, 0.3) is 17.1 Å². The third-order valence-electron chi connectivity index (χ3n) is 12.0. The number of aliphatic hydroxyl groups is 2. The molecule has 3 aliphatic rings. The number of ether oxygens (including phenoxy) is 6. The molecule has 11 unspecified atom stereocenters. The van der Waals surface area contributed by atoms with Gasteiger partial charge in [0.1, 0.15) is 66.8 Å². The zero-order valence-corrected chi connectivity index (χ0v) is 43.5. The third-order valence-corrected chi connectivity index (χ3v) is 17.3. The lowest BCUT2D eigenvalue weighted by atomic mass is 10.1. The zero-order valence-electron chi connectivity index (χ0n) is 39.9. The van der Waals surface area contributed by atoms with E-state index in [9.17, 15) is 57.6 Å².